The zero-order chi connectivity index (χ0) is 13.8. The highest BCUT2D eigenvalue weighted by atomic mass is 79.9. The zero-order valence-electron chi connectivity index (χ0n) is 10.3. The van der Waals surface area contributed by atoms with Crippen molar-refractivity contribution in [3.63, 3.8) is 0 Å². The van der Waals surface area contributed by atoms with Gasteiger partial charge >= 0.3 is 0 Å². The summed E-state index contributed by atoms with van der Waals surface area (Å²) >= 11 is 9.45. The smallest absolute Gasteiger partial charge is 0.200 e. The van der Waals surface area contributed by atoms with Crippen molar-refractivity contribution in [1.82, 2.24) is 0 Å². The highest BCUT2D eigenvalue weighted by Crippen LogP contribution is 2.32. The van der Waals surface area contributed by atoms with E-state index >= 15 is 0 Å². The van der Waals surface area contributed by atoms with Crippen LogP contribution in [0, 0.1) is 6.92 Å². The van der Waals surface area contributed by atoms with Gasteiger partial charge in [0.2, 0.25) is 0 Å². The van der Waals surface area contributed by atoms with E-state index in [0.29, 0.717) is 16.3 Å². The monoisotopic (exact) mass is 338 g/mol. The summed E-state index contributed by atoms with van der Waals surface area (Å²) in [5.74, 6) is 0.480. The van der Waals surface area contributed by atoms with Gasteiger partial charge in [0.05, 0.1) is 5.02 Å². The molecule has 0 N–H and O–H groups in total. The number of benzene rings is 2. The fourth-order valence-corrected chi connectivity index (χ4v) is 2.74. The Kier molecular flexibility index (Phi) is 4.61. The summed E-state index contributed by atoms with van der Waals surface area (Å²) < 4.78 is 6.42. The molecular weight excluding hydrogens is 328 g/mol. The maximum absolute atomic E-state index is 11.9. The van der Waals surface area contributed by atoms with Gasteiger partial charge in [-0.25, -0.2) is 0 Å². The van der Waals surface area contributed by atoms with Gasteiger partial charge in [-0.3, -0.25) is 4.79 Å². The minimum atomic E-state index is -0.0704. The van der Waals surface area contributed by atoms with Crippen LogP contribution in [0.15, 0.2) is 46.9 Å². The molecule has 0 unspecified atom stereocenters. The SMILES string of the molecule is Cc1cc(Br)cc(Cl)c1OCC(=O)c1ccccc1. The Morgan fingerprint density at radius 2 is 1.95 bits per heavy atom. The third kappa shape index (κ3) is 3.58. The Labute approximate surface area is 125 Å². The first kappa shape index (κ1) is 14.1. The molecule has 19 heavy (non-hydrogen) atoms. The minimum Gasteiger partial charge on any atom is -0.484 e. The van der Waals surface area contributed by atoms with E-state index in [0.717, 1.165) is 10.0 Å². The van der Waals surface area contributed by atoms with Gasteiger partial charge in [-0.05, 0) is 24.6 Å². The molecular formula is C15H12BrClO2. The quantitative estimate of drug-likeness (QED) is 0.757. The molecule has 98 valence electrons. The molecule has 2 aromatic rings. The number of halogens is 2. The Balaban J connectivity index is 2.10. The molecule has 0 radical (unpaired) electrons. The van der Waals surface area contributed by atoms with E-state index in [1.807, 2.05) is 31.2 Å². The molecule has 0 aromatic heterocycles. The lowest BCUT2D eigenvalue weighted by Gasteiger charge is -2.11. The summed E-state index contributed by atoms with van der Waals surface area (Å²) in [6.45, 7) is 1.87. The lowest BCUT2D eigenvalue weighted by atomic mass is 10.1. The van der Waals surface area contributed by atoms with E-state index in [1.165, 1.54) is 0 Å². The number of hydrogen-bond donors (Lipinski definition) is 0. The molecule has 0 atom stereocenters. The van der Waals surface area contributed by atoms with Crippen LogP contribution >= 0.6 is 27.5 Å². The van der Waals surface area contributed by atoms with Crippen LogP contribution in [0.1, 0.15) is 15.9 Å². The molecule has 0 aliphatic carbocycles. The van der Waals surface area contributed by atoms with Gasteiger partial charge in [-0.2, -0.15) is 0 Å². The summed E-state index contributed by atoms with van der Waals surface area (Å²) in [5, 5.41) is 0.493. The largest absolute Gasteiger partial charge is 0.484 e. The first-order valence-electron chi connectivity index (χ1n) is 5.74. The molecule has 2 rings (SSSR count). The first-order chi connectivity index (χ1) is 9.08. The van der Waals surface area contributed by atoms with Gasteiger partial charge in [0, 0.05) is 10.0 Å². The number of carbonyl (C=O) groups is 1. The lowest BCUT2D eigenvalue weighted by molar-refractivity contribution is 0.0921. The lowest BCUT2D eigenvalue weighted by Crippen LogP contribution is -2.12. The van der Waals surface area contributed by atoms with E-state index in [2.05, 4.69) is 15.9 Å². The Morgan fingerprint density at radius 1 is 1.26 bits per heavy atom. The van der Waals surface area contributed by atoms with Crippen molar-refractivity contribution in [2.24, 2.45) is 0 Å². The average molecular weight is 340 g/mol. The fourth-order valence-electron chi connectivity index (χ4n) is 1.72. The van der Waals surface area contributed by atoms with Gasteiger partial charge in [0.25, 0.3) is 0 Å². The summed E-state index contributed by atoms with van der Waals surface area (Å²) in [6.07, 6.45) is 0. The number of Topliss-reactive ketones (excluding diaryl/α,β-unsaturated/α-hetero) is 1. The second kappa shape index (κ2) is 6.22. The maximum atomic E-state index is 11.9. The molecule has 0 spiro atoms. The number of hydrogen-bond acceptors (Lipinski definition) is 2. The van der Waals surface area contributed by atoms with Gasteiger partial charge in [0.1, 0.15) is 5.75 Å². The van der Waals surface area contributed by atoms with Crippen LogP contribution in [0.4, 0.5) is 0 Å². The summed E-state index contributed by atoms with van der Waals surface area (Å²) in [7, 11) is 0. The summed E-state index contributed by atoms with van der Waals surface area (Å²) in [4.78, 5) is 11.9. The van der Waals surface area contributed by atoms with Gasteiger partial charge in [0.15, 0.2) is 12.4 Å². The van der Waals surface area contributed by atoms with Crippen LogP contribution in [-0.4, -0.2) is 12.4 Å². The van der Waals surface area contributed by atoms with Crippen LogP contribution in [0.5, 0.6) is 5.75 Å². The zero-order valence-corrected chi connectivity index (χ0v) is 12.7. The highest BCUT2D eigenvalue weighted by molar-refractivity contribution is 9.10. The summed E-state index contributed by atoms with van der Waals surface area (Å²) in [5.41, 5.74) is 1.52. The number of aryl methyl sites for hydroxylation is 1. The van der Waals surface area contributed by atoms with Crippen LogP contribution < -0.4 is 4.74 Å². The van der Waals surface area contributed by atoms with Crippen LogP contribution in [0.2, 0.25) is 5.02 Å². The molecule has 2 aromatic carbocycles. The minimum absolute atomic E-state index is 0.0216. The van der Waals surface area contributed by atoms with E-state index in [-0.39, 0.29) is 12.4 Å². The molecule has 0 saturated heterocycles. The standard InChI is InChI=1S/C15H12BrClO2/c1-10-7-12(16)8-13(17)15(10)19-9-14(18)11-5-3-2-4-6-11/h2-8H,9H2,1H3. The molecule has 0 aliphatic heterocycles. The normalized spacial score (nSPS) is 10.3. The molecule has 0 aliphatic rings. The van der Waals surface area contributed by atoms with Crippen molar-refractivity contribution in [3.8, 4) is 5.75 Å². The van der Waals surface area contributed by atoms with Crippen molar-refractivity contribution in [1.29, 1.82) is 0 Å². The summed E-state index contributed by atoms with van der Waals surface area (Å²) in [6, 6.07) is 12.7. The third-order valence-corrected chi connectivity index (χ3v) is 3.38. The third-order valence-electron chi connectivity index (χ3n) is 2.64. The van der Waals surface area contributed by atoms with Gasteiger partial charge < -0.3 is 4.74 Å². The van der Waals surface area contributed by atoms with Crippen molar-refractivity contribution in [2.45, 2.75) is 6.92 Å². The predicted molar refractivity (Wildman–Crippen MR) is 80.2 cm³/mol. The van der Waals surface area contributed by atoms with Crippen molar-refractivity contribution in [3.05, 3.63) is 63.1 Å². The molecule has 0 heterocycles. The maximum Gasteiger partial charge on any atom is 0.200 e. The van der Waals surface area contributed by atoms with E-state index < -0.39 is 0 Å². The van der Waals surface area contributed by atoms with Crippen LogP contribution in [0.25, 0.3) is 0 Å². The number of ether oxygens (including phenoxy) is 1. The molecule has 0 amide bonds. The Bertz CT molecular complexity index is 573. The Morgan fingerprint density at radius 3 is 2.58 bits per heavy atom. The van der Waals surface area contributed by atoms with Crippen LogP contribution in [-0.2, 0) is 0 Å². The fraction of sp³-hybridized carbons (Fsp3) is 0.133. The van der Waals surface area contributed by atoms with Crippen molar-refractivity contribution in [2.75, 3.05) is 6.61 Å². The van der Waals surface area contributed by atoms with E-state index in [1.54, 1.807) is 18.2 Å². The van der Waals surface area contributed by atoms with Gasteiger partial charge in [-0.15, -0.1) is 0 Å². The molecule has 0 fully saturated rings. The highest BCUT2D eigenvalue weighted by Gasteiger charge is 2.11. The number of ketones is 1. The van der Waals surface area contributed by atoms with E-state index in [9.17, 15) is 4.79 Å². The number of rotatable bonds is 4. The van der Waals surface area contributed by atoms with Gasteiger partial charge in [-0.1, -0.05) is 57.9 Å². The molecule has 4 heteroatoms. The first-order valence-corrected chi connectivity index (χ1v) is 6.91. The second-order valence-corrected chi connectivity index (χ2v) is 5.43. The van der Waals surface area contributed by atoms with Crippen molar-refractivity contribution < 1.29 is 9.53 Å². The average Bonchev–Trinajstić information content (AvgIpc) is 2.38. The number of carbonyl (C=O) groups excluding carboxylic acids is 1. The molecule has 0 saturated carbocycles. The van der Waals surface area contributed by atoms with E-state index in [4.69, 9.17) is 16.3 Å². The molecule has 0 bridgehead atoms. The van der Waals surface area contributed by atoms with Crippen molar-refractivity contribution >= 4 is 33.3 Å². The topological polar surface area (TPSA) is 26.3 Å². The predicted octanol–water partition coefficient (Wildman–Crippen LogP) is 4.67. The molecule has 2 nitrogen and oxygen atoms in total. The second-order valence-electron chi connectivity index (χ2n) is 4.11. The van der Waals surface area contributed by atoms with Crippen LogP contribution in [0.3, 0.4) is 0 Å². The Hall–Kier alpha value is -1.32.